The molecular weight excluding hydrogens is 240 g/mol. The highest BCUT2D eigenvalue weighted by molar-refractivity contribution is 5.56. The van der Waals surface area contributed by atoms with Crippen molar-refractivity contribution >= 4 is 11.6 Å². The zero-order chi connectivity index (χ0) is 13.1. The number of hydrogen-bond acceptors (Lipinski definition) is 4. The smallest absolute Gasteiger partial charge is 0.229 e. The lowest BCUT2D eigenvalue weighted by atomic mass is 10.2. The maximum atomic E-state index is 5.22. The van der Waals surface area contributed by atoms with E-state index in [1.807, 2.05) is 24.3 Å². The lowest BCUT2D eigenvalue weighted by molar-refractivity contribution is 0.415. The summed E-state index contributed by atoms with van der Waals surface area (Å²) in [5.74, 6) is 2.74. The fraction of sp³-hybridized carbons (Fsp3) is 0.429. The third kappa shape index (κ3) is 2.54. The molecule has 100 valence electrons. The molecule has 19 heavy (non-hydrogen) atoms. The Balaban J connectivity index is 1.84. The number of anilines is 2. The Morgan fingerprint density at radius 1 is 1.21 bits per heavy atom. The molecule has 5 heteroatoms. The molecule has 0 aliphatic carbocycles. The number of nitrogens with one attached hydrogen (secondary N) is 1. The number of hydrogen-bond donors (Lipinski definition) is 1. The zero-order valence-corrected chi connectivity index (χ0v) is 11.1. The van der Waals surface area contributed by atoms with Crippen molar-refractivity contribution in [2.75, 3.05) is 12.4 Å². The molecular formula is C14H18N4O. The summed E-state index contributed by atoms with van der Waals surface area (Å²) in [6.07, 6.45) is 4.68. The highest BCUT2D eigenvalue weighted by atomic mass is 16.5. The summed E-state index contributed by atoms with van der Waals surface area (Å²) in [6.45, 7) is 0.995. The van der Waals surface area contributed by atoms with E-state index in [9.17, 15) is 0 Å². The summed E-state index contributed by atoms with van der Waals surface area (Å²) in [6, 6.07) is 7.84. The van der Waals surface area contributed by atoms with Crippen molar-refractivity contribution in [3.63, 3.8) is 0 Å². The predicted molar refractivity (Wildman–Crippen MR) is 73.9 cm³/mol. The third-order valence-corrected chi connectivity index (χ3v) is 3.44. The van der Waals surface area contributed by atoms with Gasteiger partial charge < -0.3 is 10.1 Å². The van der Waals surface area contributed by atoms with E-state index < -0.39 is 0 Å². The highest BCUT2D eigenvalue weighted by Gasteiger charge is 2.14. The summed E-state index contributed by atoms with van der Waals surface area (Å²) in [7, 11) is 1.67. The molecule has 1 N–H and O–H groups in total. The number of methoxy groups -OCH3 is 1. The van der Waals surface area contributed by atoms with Gasteiger partial charge in [-0.3, -0.25) is 4.57 Å². The summed E-state index contributed by atoms with van der Waals surface area (Å²) < 4.78 is 7.41. The standard InChI is InChI=1S/C14H18N4O/c1-19-12-7-5-6-11(10-12)15-14-17-16-13-8-3-2-4-9-18(13)14/h5-7,10H,2-4,8-9H2,1H3,(H,15,17). The number of aromatic nitrogens is 3. The predicted octanol–water partition coefficient (Wildman–Crippen LogP) is 2.76. The molecule has 0 saturated carbocycles. The van der Waals surface area contributed by atoms with Crippen molar-refractivity contribution in [1.82, 2.24) is 14.8 Å². The lowest BCUT2D eigenvalue weighted by Crippen LogP contribution is -2.05. The van der Waals surface area contributed by atoms with Crippen molar-refractivity contribution in [2.24, 2.45) is 0 Å². The average molecular weight is 258 g/mol. The Bertz CT molecular complexity index is 564. The van der Waals surface area contributed by atoms with Crippen molar-refractivity contribution in [3.05, 3.63) is 30.1 Å². The van der Waals surface area contributed by atoms with Crippen LogP contribution in [0.4, 0.5) is 11.6 Å². The van der Waals surface area contributed by atoms with Crippen LogP contribution in [-0.4, -0.2) is 21.9 Å². The fourth-order valence-corrected chi connectivity index (χ4v) is 2.41. The van der Waals surface area contributed by atoms with Gasteiger partial charge in [0.2, 0.25) is 5.95 Å². The molecule has 0 atom stereocenters. The molecule has 1 aromatic heterocycles. The molecule has 0 bridgehead atoms. The van der Waals surface area contributed by atoms with Gasteiger partial charge in [-0.1, -0.05) is 12.5 Å². The van der Waals surface area contributed by atoms with Gasteiger partial charge in [-0.05, 0) is 25.0 Å². The van der Waals surface area contributed by atoms with Gasteiger partial charge in [-0.2, -0.15) is 0 Å². The van der Waals surface area contributed by atoms with E-state index >= 15 is 0 Å². The quantitative estimate of drug-likeness (QED) is 0.919. The Labute approximate surface area is 112 Å². The van der Waals surface area contributed by atoms with Gasteiger partial charge >= 0.3 is 0 Å². The van der Waals surface area contributed by atoms with Gasteiger partial charge in [0.15, 0.2) is 0 Å². The van der Waals surface area contributed by atoms with Crippen molar-refractivity contribution in [1.29, 1.82) is 0 Å². The van der Waals surface area contributed by atoms with E-state index in [-0.39, 0.29) is 0 Å². The molecule has 0 amide bonds. The van der Waals surface area contributed by atoms with Gasteiger partial charge in [0.25, 0.3) is 0 Å². The molecule has 1 aromatic carbocycles. The van der Waals surface area contributed by atoms with Crippen LogP contribution < -0.4 is 10.1 Å². The van der Waals surface area contributed by atoms with Gasteiger partial charge in [-0.25, -0.2) is 0 Å². The van der Waals surface area contributed by atoms with Crippen LogP contribution in [-0.2, 0) is 13.0 Å². The first-order chi connectivity index (χ1) is 9.36. The SMILES string of the molecule is COc1cccc(Nc2nnc3n2CCCCC3)c1. The number of nitrogens with zero attached hydrogens (tertiary/aromatic N) is 3. The van der Waals surface area contributed by atoms with Crippen LogP contribution in [0.5, 0.6) is 5.75 Å². The van der Waals surface area contributed by atoms with Crippen LogP contribution in [0.25, 0.3) is 0 Å². The van der Waals surface area contributed by atoms with Gasteiger partial charge in [0, 0.05) is 24.7 Å². The summed E-state index contributed by atoms with van der Waals surface area (Å²) in [4.78, 5) is 0. The zero-order valence-electron chi connectivity index (χ0n) is 11.1. The molecule has 0 unspecified atom stereocenters. The van der Waals surface area contributed by atoms with Crippen molar-refractivity contribution in [3.8, 4) is 5.75 Å². The minimum absolute atomic E-state index is 0.824. The molecule has 5 nitrogen and oxygen atoms in total. The summed E-state index contributed by atoms with van der Waals surface area (Å²) in [5.41, 5.74) is 0.971. The van der Waals surface area contributed by atoms with Crippen LogP contribution in [0.3, 0.4) is 0 Å². The molecule has 0 spiro atoms. The minimum atomic E-state index is 0.824. The topological polar surface area (TPSA) is 52.0 Å². The molecule has 1 aliphatic rings. The van der Waals surface area contributed by atoms with Crippen molar-refractivity contribution in [2.45, 2.75) is 32.2 Å². The van der Waals surface area contributed by atoms with E-state index in [1.165, 1.54) is 19.3 Å². The largest absolute Gasteiger partial charge is 0.497 e. The molecule has 0 saturated heterocycles. The van der Waals surface area contributed by atoms with E-state index in [1.54, 1.807) is 7.11 Å². The second-order valence-electron chi connectivity index (χ2n) is 4.76. The molecule has 2 aromatic rings. The average Bonchev–Trinajstić information content (AvgIpc) is 2.68. The fourth-order valence-electron chi connectivity index (χ4n) is 2.41. The van der Waals surface area contributed by atoms with E-state index in [0.29, 0.717) is 0 Å². The molecule has 0 fully saturated rings. The highest BCUT2D eigenvalue weighted by Crippen LogP contribution is 2.23. The van der Waals surface area contributed by atoms with E-state index in [0.717, 1.165) is 36.2 Å². The van der Waals surface area contributed by atoms with Crippen LogP contribution in [0.15, 0.2) is 24.3 Å². The first kappa shape index (κ1) is 12.0. The number of rotatable bonds is 3. The molecule has 0 radical (unpaired) electrons. The Morgan fingerprint density at radius 2 is 2.16 bits per heavy atom. The molecule has 2 heterocycles. The Kier molecular flexibility index (Phi) is 3.35. The van der Waals surface area contributed by atoms with Gasteiger partial charge in [0.05, 0.1) is 7.11 Å². The number of aryl methyl sites for hydroxylation is 1. The maximum absolute atomic E-state index is 5.22. The Morgan fingerprint density at radius 3 is 3.05 bits per heavy atom. The maximum Gasteiger partial charge on any atom is 0.229 e. The van der Waals surface area contributed by atoms with Gasteiger partial charge in [0.1, 0.15) is 11.6 Å². The monoisotopic (exact) mass is 258 g/mol. The minimum Gasteiger partial charge on any atom is -0.497 e. The normalized spacial score (nSPS) is 14.6. The third-order valence-electron chi connectivity index (χ3n) is 3.44. The summed E-state index contributed by atoms with van der Waals surface area (Å²) in [5, 5.41) is 11.8. The van der Waals surface area contributed by atoms with E-state index in [2.05, 4.69) is 20.1 Å². The van der Waals surface area contributed by atoms with Gasteiger partial charge in [-0.15, -0.1) is 10.2 Å². The first-order valence-electron chi connectivity index (χ1n) is 6.70. The second kappa shape index (κ2) is 5.30. The number of fused-ring (bicyclic) bond motifs is 1. The van der Waals surface area contributed by atoms with E-state index in [4.69, 9.17) is 4.74 Å². The van der Waals surface area contributed by atoms with Crippen LogP contribution in [0.2, 0.25) is 0 Å². The van der Waals surface area contributed by atoms with Crippen LogP contribution in [0, 0.1) is 0 Å². The molecule has 3 rings (SSSR count). The van der Waals surface area contributed by atoms with Crippen molar-refractivity contribution < 1.29 is 4.74 Å². The molecule has 1 aliphatic heterocycles. The Hall–Kier alpha value is -2.04. The number of benzene rings is 1. The second-order valence-corrected chi connectivity index (χ2v) is 4.76. The number of ether oxygens (including phenoxy) is 1. The first-order valence-corrected chi connectivity index (χ1v) is 6.70. The van der Waals surface area contributed by atoms with Crippen LogP contribution >= 0.6 is 0 Å². The summed E-state index contributed by atoms with van der Waals surface area (Å²) >= 11 is 0. The lowest BCUT2D eigenvalue weighted by Gasteiger charge is -2.09. The van der Waals surface area contributed by atoms with Crippen LogP contribution in [0.1, 0.15) is 25.1 Å².